The standard InChI is InChI=1S/C28H31N5O3/c1-19-16-30-31(2)24(19)17-32-13-11-28-22-9-3-4-10-23(22)33(27(28)35)18-25(34)29-12-6-14-36-21-8-5-7-20(15-21)26(28)32/h3-5,7-10,15-16,26H,6,11-14,17-18H2,1-2H3,(H,29,34)/t26-,28+/m0/s1. The summed E-state index contributed by atoms with van der Waals surface area (Å²) in [6, 6.07) is 15.9. The van der Waals surface area contributed by atoms with Crippen molar-refractivity contribution in [1.29, 1.82) is 0 Å². The monoisotopic (exact) mass is 485 g/mol. The lowest BCUT2D eigenvalue weighted by molar-refractivity contribution is -0.127. The number of ether oxygens (including phenoxy) is 1. The van der Waals surface area contributed by atoms with Crippen LogP contribution in [0.2, 0.25) is 0 Å². The van der Waals surface area contributed by atoms with E-state index in [0.717, 1.165) is 40.4 Å². The molecule has 0 aliphatic carbocycles. The van der Waals surface area contributed by atoms with Crippen molar-refractivity contribution in [2.75, 3.05) is 31.1 Å². The highest BCUT2D eigenvalue weighted by molar-refractivity contribution is 6.11. The molecular weight excluding hydrogens is 454 g/mol. The fraction of sp³-hybridized carbons (Fsp3) is 0.393. The first-order chi connectivity index (χ1) is 17.5. The second kappa shape index (κ2) is 8.78. The summed E-state index contributed by atoms with van der Waals surface area (Å²) in [7, 11) is 1.96. The number of hydrogen-bond donors (Lipinski definition) is 1. The van der Waals surface area contributed by atoms with Crippen LogP contribution in [-0.4, -0.2) is 52.7 Å². The molecule has 1 saturated heterocycles. The molecule has 1 N–H and O–H groups in total. The Morgan fingerprint density at radius 1 is 1.17 bits per heavy atom. The highest BCUT2D eigenvalue weighted by Crippen LogP contribution is 2.57. The first-order valence-electron chi connectivity index (χ1n) is 12.6. The Bertz CT molecular complexity index is 1310. The van der Waals surface area contributed by atoms with Gasteiger partial charge in [-0.1, -0.05) is 30.3 Å². The van der Waals surface area contributed by atoms with Crippen LogP contribution in [0.5, 0.6) is 5.75 Å². The van der Waals surface area contributed by atoms with Gasteiger partial charge in [-0.25, -0.2) is 0 Å². The van der Waals surface area contributed by atoms with Crippen molar-refractivity contribution in [3.63, 3.8) is 0 Å². The third-order valence-electron chi connectivity index (χ3n) is 7.94. The topological polar surface area (TPSA) is 79.7 Å². The van der Waals surface area contributed by atoms with Crippen LogP contribution in [0.1, 0.15) is 41.3 Å². The Balaban J connectivity index is 1.53. The zero-order valence-electron chi connectivity index (χ0n) is 20.7. The summed E-state index contributed by atoms with van der Waals surface area (Å²) in [4.78, 5) is 31.4. The molecule has 3 aliphatic heterocycles. The van der Waals surface area contributed by atoms with Gasteiger partial charge in [-0.3, -0.25) is 19.2 Å². The predicted octanol–water partition coefficient (Wildman–Crippen LogP) is 2.86. The molecule has 8 nitrogen and oxygen atoms in total. The van der Waals surface area contributed by atoms with Gasteiger partial charge in [-0.2, -0.15) is 5.10 Å². The van der Waals surface area contributed by atoms with Gasteiger partial charge in [0.05, 0.1) is 30.0 Å². The van der Waals surface area contributed by atoms with Crippen molar-refractivity contribution >= 4 is 17.5 Å². The van der Waals surface area contributed by atoms with Crippen molar-refractivity contribution in [3.05, 3.63) is 77.1 Å². The maximum Gasteiger partial charge on any atom is 0.240 e. The number of nitrogens with one attached hydrogen (secondary N) is 1. The normalized spacial score (nSPS) is 24.1. The molecule has 1 fully saturated rings. The third kappa shape index (κ3) is 3.51. The Morgan fingerprint density at radius 2 is 2.03 bits per heavy atom. The summed E-state index contributed by atoms with van der Waals surface area (Å²) in [6.45, 7) is 4.54. The molecule has 4 heterocycles. The number of benzene rings is 2. The van der Waals surface area contributed by atoms with Crippen molar-refractivity contribution in [2.24, 2.45) is 7.05 Å². The second-order valence-corrected chi connectivity index (χ2v) is 10.0. The SMILES string of the molecule is Cc1cnn(C)c1CN1CC[C@]23C(=O)N(CC(=O)NCCCOc4cccc(c4)[C@H]12)c1ccccc13. The van der Waals surface area contributed by atoms with Crippen molar-refractivity contribution in [3.8, 4) is 5.75 Å². The molecule has 2 amide bonds. The zero-order valence-corrected chi connectivity index (χ0v) is 20.7. The average Bonchev–Trinajstić information content (AvgIpc) is 3.49. The molecule has 0 unspecified atom stereocenters. The van der Waals surface area contributed by atoms with Crippen LogP contribution in [0.3, 0.4) is 0 Å². The smallest absolute Gasteiger partial charge is 0.240 e. The number of carbonyl (C=O) groups is 2. The van der Waals surface area contributed by atoms with E-state index in [-0.39, 0.29) is 24.4 Å². The summed E-state index contributed by atoms with van der Waals surface area (Å²) in [6.07, 6.45) is 3.26. The predicted molar refractivity (Wildman–Crippen MR) is 136 cm³/mol. The Hall–Kier alpha value is -3.65. The number of fused-ring (bicyclic) bond motifs is 6. The minimum atomic E-state index is -0.786. The van der Waals surface area contributed by atoms with Gasteiger partial charge in [0.15, 0.2) is 0 Å². The second-order valence-electron chi connectivity index (χ2n) is 10.0. The maximum absolute atomic E-state index is 14.4. The van der Waals surface area contributed by atoms with Crippen molar-refractivity contribution < 1.29 is 14.3 Å². The maximum atomic E-state index is 14.4. The van der Waals surface area contributed by atoms with E-state index in [4.69, 9.17) is 4.74 Å². The van der Waals surface area contributed by atoms with E-state index >= 15 is 0 Å². The third-order valence-corrected chi connectivity index (χ3v) is 7.94. The lowest BCUT2D eigenvalue weighted by Crippen LogP contribution is -2.47. The van der Waals surface area contributed by atoms with Gasteiger partial charge in [-0.15, -0.1) is 0 Å². The van der Waals surface area contributed by atoms with Gasteiger partial charge in [0, 0.05) is 32.4 Å². The quantitative estimate of drug-likeness (QED) is 0.604. The molecule has 6 rings (SSSR count). The molecule has 3 aliphatic rings. The van der Waals surface area contributed by atoms with E-state index in [0.29, 0.717) is 32.5 Å². The Morgan fingerprint density at radius 3 is 2.86 bits per heavy atom. The van der Waals surface area contributed by atoms with Gasteiger partial charge < -0.3 is 15.0 Å². The van der Waals surface area contributed by atoms with Crippen LogP contribution in [0.15, 0.2) is 54.7 Å². The molecule has 4 bridgehead atoms. The molecule has 36 heavy (non-hydrogen) atoms. The first kappa shape index (κ1) is 22.8. The van der Waals surface area contributed by atoms with Crippen molar-refractivity contribution in [2.45, 2.75) is 37.8 Å². The Labute approximate surface area is 210 Å². The first-order valence-corrected chi connectivity index (χ1v) is 12.6. The van der Waals surface area contributed by atoms with Crippen molar-refractivity contribution in [1.82, 2.24) is 20.0 Å². The number of hydrogen-bond acceptors (Lipinski definition) is 5. The van der Waals surface area contributed by atoms with E-state index in [2.05, 4.69) is 40.4 Å². The summed E-state index contributed by atoms with van der Waals surface area (Å²) in [5.41, 5.74) is 4.37. The van der Waals surface area contributed by atoms with E-state index in [9.17, 15) is 9.59 Å². The lowest BCUT2D eigenvalue weighted by Gasteiger charge is -2.35. The molecule has 2 aromatic carbocycles. The van der Waals surface area contributed by atoms with E-state index in [1.807, 2.05) is 48.3 Å². The van der Waals surface area contributed by atoms with Gasteiger partial charge >= 0.3 is 0 Å². The van der Waals surface area contributed by atoms with Crippen LogP contribution < -0.4 is 15.0 Å². The number of rotatable bonds is 2. The molecule has 0 saturated carbocycles. The van der Waals surface area contributed by atoms with Crippen LogP contribution in [0.25, 0.3) is 0 Å². The number of carbonyl (C=O) groups excluding carboxylic acids is 2. The van der Waals surface area contributed by atoms with Gasteiger partial charge in [0.25, 0.3) is 0 Å². The van der Waals surface area contributed by atoms with E-state index in [1.165, 1.54) is 0 Å². The molecule has 1 spiro atoms. The fourth-order valence-corrected chi connectivity index (χ4v) is 6.23. The molecule has 1 aromatic heterocycles. The van der Waals surface area contributed by atoms with E-state index in [1.54, 1.807) is 4.90 Å². The van der Waals surface area contributed by atoms with Crippen LogP contribution in [0, 0.1) is 6.92 Å². The average molecular weight is 486 g/mol. The minimum absolute atomic E-state index is 0.00328. The number of amides is 2. The van der Waals surface area contributed by atoms with Gasteiger partial charge in [-0.05, 0) is 54.7 Å². The molecular formula is C28H31N5O3. The molecule has 186 valence electrons. The number of anilines is 1. The molecule has 0 radical (unpaired) electrons. The summed E-state index contributed by atoms with van der Waals surface area (Å²) in [5.74, 6) is 0.629. The van der Waals surface area contributed by atoms with Gasteiger partial charge in [0.2, 0.25) is 11.8 Å². The number of para-hydroxylation sites is 1. The zero-order chi connectivity index (χ0) is 24.9. The largest absolute Gasteiger partial charge is 0.494 e. The van der Waals surface area contributed by atoms with Crippen LogP contribution >= 0.6 is 0 Å². The minimum Gasteiger partial charge on any atom is -0.494 e. The fourth-order valence-electron chi connectivity index (χ4n) is 6.23. The van der Waals surface area contributed by atoms with Crippen LogP contribution in [0.4, 0.5) is 5.69 Å². The summed E-state index contributed by atoms with van der Waals surface area (Å²) < 4.78 is 7.97. The highest BCUT2D eigenvalue weighted by Gasteiger charge is 2.60. The summed E-state index contributed by atoms with van der Waals surface area (Å²) in [5, 5.41) is 7.40. The highest BCUT2D eigenvalue weighted by atomic mass is 16.5. The molecule has 8 heteroatoms. The number of nitrogens with zero attached hydrogens (tertiary/aromatic N) is 4. The number of likely N-dealkylation sites (tertiary alicyclic amines) is 1. The Kier molecular flexibility index (Phi) is 5.56. The lowest BCUT2D eigenvalue weighted by atomic mass is 9.72. The number of aryl methyl sites for hydroxylation is 2. The van der Waals surface area contributed by atoms with E-state index < -0.39 is 5.41 Å². The molecule has 3 aromatic rings. The molecule has 2 atom stereocenters. The summed E-state index contributed by atoms with van der Waals surface area (Å²) >= 11 is 0. The number of aromatic nitrogens is 2. The van der Waals surface area contributed by atoms with Crippen LogP contribution in [-0.2, 0) is 28.6 Å². The van der Waals surface area contributed by atoms with Gasteiger partial charge in [0.1, 0.15) is 12.3 Å².